The highest BCUT2D eigenvalue weighted by Crippen LogP contribution is 2.37. The minimum atomic E-state index is -0.443. The number of benzene rings is 2. The van der Waals surface area contributed by atoms with Gasteiger partial charge in [-0.2, -0.15) is 0 Å². The highest BCUT2D eigenvalue weighted by atomic mass is 32.2. The molecule has 0 aliphatic carbocycles. The molecule has 1 aliphatic heterocycles. The van der Waals surface area contributed by atoms with Gasteiger partial charge in [0.2, 0.25) is 5.91 Å². The number of ether oxygens (including phenoxy) is 2. The zero-order chi connectivity index (χ0) is 25.7. The Morgan fingerprint density at radius 2 is 1.74 bits per heavy atom. The predicted octanol–water partition coefficient (Wildman–Crippen LogP) is 3.96. The fourth-order valence-electron chi connectivity index (χ4n) is 3.70. The van der Waals surface area contributed by atoms with Crippen molar-refractivity contribution in [2.75, 3.05) is 13.2 Å². The Morgan fingerprint density at radius 1 is 1.06 bits per heavy atom. The summed E-state index contributed by atoms with van der Waals surface area (Å²) >= 11 is 1.00. The summed E-state index contributed by atoms with van der Waals surface area (Å²) in [6.45, 7) is 8.71. The fraction of sp³-hybridized carbons (Fsp3) is 0.360. The quantitative estimate of drug-likeness (QED) is 0.174. The van der Waals surface area contributed by atoms with E-state index in [0.717, 1.165) is 17.3 Å². The third-order valence-electron chi connectivity index (χ3n) is 5.57. The van der Waals surface area contributed by atoms with Gasteiger partial charge in [-0.25, -0.2) is 0 Å². The number of carbonyl (C=O) groups is 3. The van der Waals surface area contributed by atoms with Crippen LogP contribution in [0.15, 0.2) is 29.4 Å². The first kappa shape index (κ1) is 26.1. The SMILES string of the molecule is CC(=O)Oc1c(C)c(C)c(O)c(/C(C)=N\OCCOc2ccc(CC3SC(=O)NC3=O)cc2)c1C. The van der Waals surface area contributed by atoms with E-state index < -0.39 is 11.2 Å². The molecule has 3 rings (SSSR count). The van der Waals surface area contributed by atoms with Crippen LogP contribution in [0.3, 0.4) is 0 Å². The number of aromatic hydroxyl groups is 1. The number of amides is 2. The van der Waals surface area contributed by atoms with E-state index in [1.807, 2.05) is 12.1 Å². The Labute approximate surface area is 207 Å². The molecule has 0 radical (unpaired) electrons. The maximum Gasteiger partial charge on any atom is 0.308 e. The van der Waals surface area contributed by atoms with Crippen LogP contribution in [0.5, 0.6) is 17.2 Å². The Balaban J connectivity index is 1.55. The average molecular weight is 501 g/mol. The van der Waals surface area contributed by atoms with Crippen LogP contribution >= 0.6 is 11.8 Å². The van der Waals surface area contributed by atoms with Gasteiger partial charge in [0.1, 0.15) is 23.9 Å². The molecule has 2 aromatic rings. The van der Waals surface area contributed by atoms with E-state index >= 15 is 0 Å². The van der Waals surface area contributed by atoms with Crippen molar-refractivity contribution in [2.24, 2.45) is 5.16 Å². The number of oxime groups is 1. The highest BCUT2D eigenvalue weighted by Gasteiger charge is 2.31. The second kappa shape index (κ2) is 11.3. The topological polar surface area (TPSA) is 124 Å². The Bertz CT molecular complexity index is 1180. The molecule has 1 aliphatic rings. The summed E-state index contributed by atoms with van der Waals surface area (Å²) in [5.41, 5.74) is 3.70. The lowest BCUT2D eigenvalue weighted by atomic mass is 9.95. The molecule has 0 bridgehead atoms. The predicted molar refractivity (Wildman–Crippen MR) is 132 cm³/mol. The Morgan fingerprint density at radius 3 is 2.34 bits per heavy atom. The summed E-state index contributed by atoms with van der Waals surface area (Å²) in [6, 6.07) is 7.27. The van der Waals surface area contributed by atoms with Crippen LogP contribution in [-0.4, -0.2) is 46.4 Å². The van der Waals surface area contributed by atoms with Gasteiger partial charge in [0.05, 0.1) is 11.0 Å². The maximum atomic E-state index is 11.7. The number of esters is 1. The second-order valence-electron chi connectivity index (χ2n) is 8.11. The van der Waals surface area contributed by atoms with E-state index in [1.54, 1.807) is 39.8 Å². The first-order valence-electron chi connectivity index (χ1n) is 11.0. The van der Waals surface area contributed by atoms with Gasteiger partial charge in [0, 0.05) is 18.1 Å². The molecule has 9 nitrogen and oxygen atoms in total. The van der Waals surface area contributed by atoms with Crippen molar-refractivity contribution in [1.29, 1.82) is 0 Å². The number of carbonyl (C=O) groups excluding carboxylic acids is 3. The molecule has 2 aromatic carbocycles. The third-order valence-corrected chi connectivity index (χ3v) is 6.56. The number of hydrogen-bond donors (Lipinski definition) is 2. The van der Waals surface area contributed by atoms with Crippen molar-refractivity contribution in [3.05, 3.63) is 52.1 Å². The Hall–Kier alpha value is -3.53. The summed E-state index contributed by atoms with van der Waals surface area (Å²) in [7, 11) is 0. The molecule has 1 unspecified atom stereocenters. The van der Waals surface area contributed by atoms with E-state index in [2.05, 4.69) is 10.5 Å². The number of hydrogen-bond acceptors (Lipinski definition) is 9. The minimum Gasteiger partial charge on any atom is -0.507 e. The summed E-state index contributed by atoms with van der Waals surface area (Å²) < 4.78 is 11.0. The molecule has 0 spiro atoms. The van der Waals surface area contributed by atoms with E-state index in [0.29, 0.717) is 45.9 Å². The van der Waals surface area contributed by atoms with Crippen LogP contribution in [0.4, 0.5) is 4.79 Å². The second-order valence-corrected chi connectivity index (χ2v) is 9.29. The lowest BCUT2D eigenvalue weighted by Gasteiger charge is -2.18. The van der Waals surface area contributed by atoms with Crippen LogP contribution < -0.4 is 14.8 Å². The van der Waals surface area contributed by atoms with Crippen molar-refractivity contribution >= 4 is 34.6 Å². The Kier molecular flexibility index (Phi) is 8.39. The number of imide groups is 1. The zero-order valence-electron chi connectivity index (χ0n) is 20.3. The fourth-order valence-corrected chi connectivity index (χ4v) is 4.56. The van der Waals surface area contributed by atoms with Crippen molar-refractivity contribution < 1.29 is 33.8 Å². The van der Waals surface area contributed by atoms with Crippen molar-refractivity contribution in [3.63, 3.8) is 0 Å². The first-order chi connectivity index (χ1) is 16.6. The molecule has 35 heavy (non-hydrogen) atoms. The summed E-state index contributed by atoms with van der Waals surface area (Å²) in [5, 5.41) is 16.3. The van der Waals surface area contributed by atoms with Crippen LogP contribution in [-0.2, 0) is 20.8 Å². The summed E-state index contributed by atoms with van der Waals surface area (Å²) in [4.78, 5) is 39.8. The van der Waals surface area contributed by atoms with Gasteiger partial charge in [-0.05, 0) is 62.9 Å². The molecule has 1 fully saturated rings. The lowest BCUT2D eigenvalue weighted by molar-refractivity contribution is -0.132. The maximum absolute atomic E-state index is 11.7. The largest absolute Gasteiger partial charge is 0.507 e. The van der Waals surface area contributed by atoms with Crippen LogP contribution in [0.2, 0.25) is 0 Å². The minimum absolute atomic E-state index is 0.0648. The molecular weight excluding hydrogens is 472 g/mol. The van der Waals surface area contributed by atoms with Gasteiger partial charge >= 0.3 is 5.97 Å². The van der Waals surface area contributed by atoms with Gasteiger partial charge in [0.25, 0.3) is 5.24 Å². The normalized spacial score (nSPS) is 15.7. The molecular formula is C25H28N2O7S. The standard InChI is InChI=1S/C25H28N2O7S/c1-13-14(2)23(34-17(5)28)15(3)21(22(13)29)16(4)27-33-11-10-32-19-8-6-18(7-9-19)12-20-24(30)26-25(31)35-20/h6-9,20,29H,10-12H2,1-5H3,(H,26,30,31)/b27-16-. The van der Waals surface area contributed by atoms with E-state index in [9.17, 15) is 19.5 Å². The van der Waals surface area contributed by atoms with Gasteiger partial charge in [-0.15, -0.1) is 0 Å². The molecule has 1 heterocycles. The number of nitrogens with zero attached hydrogens (tertiary/aromatic N) is 1. The first-order valence-corrected chi connectivity index (χ1v) is 11.9. The summed E-state index contributed by atoms with van der Waals surface area (Å²) in [6.07, 6.45) is 0.462. The number of phenolic OH excluding ortho intramolecular Hbond substituents is 1. The number of phenols is 1. The van der Waals surface area contributed by atoms with E-state index in [4.69, 9.17) is 14.3 Å². The molecule has 1 saturated heterocycles. The summed E-state index contributed by atoms with van der Waals surface area (Å²) in [5.74, 6) is 0.394. The molecule has 1 atom stereocenters. The molecule has 2 amide bonds. The van der Waals surface area contributed by atoms with Crippen molar-refractivity contribution in [3.8, 4) is 17.2 Å². The molecule has 2 N–H and O–H groups in total. The molecule has 10 heteroatoms. The average Bonchev–Trinajstić information content (AvgIpc) is 3.12. The smallest absolute Gasteiger partial charge is 0.308 e. The van der Waals surface area contributed by atoms with Crippen LogP contribution in [0.25, 0.3) is 0 Å². The van der Waals surface area contributed by atoms with Gasteiger partial charge < -0.3 is 19.4 Å². The number of thioether (sulfide) groups is 1. The zero-order valence-corrected chi connectivity index (χ0v) is 21.1. The lowest BCUT2D eigenvalue weighted by Crippen LogP contribution is -2.25. The van der Waals surface area contributed by atoms with Crippen molar-refractivity contribution in [2.45, 2.75) is 46.3 Å². The van der Waals surface area contributed by atoms with E-state index in [1.165, 1.54) is 6.92 Å². The molecule has 0 saturated carbocycles. The molecule has 0 aromatic heterocycles. The highest BCUT2D eigenvalue weighted by molar-refractivity contribution is 8.15. The van der Waals surface area contributed by atoms with Crippen LogP contribution in [0, 0.1) is 20.8 Å². The van der Waals surface area contributed by atoms with Crippen molar-refractivity contribution in [1.82, 2.24) is 5.32 Å². The van der Waals surface area contributed by atoms with Gasteiger partial charge in [-0.1, -0.05) is 29.1 Å². The molecule has 186 valence electrons. The number of nitrogens with one attached hydrogen (secondary N) is 1. The van der Waals surface area contributed by atoms with Crippen LogP contribution in [0.1, 0.15) is 41.7 Å². The van der Waals surface area contributed by atoms with Gasteiger partial charge in [-0.3, -0.25) is 19.7 Å². The van der Waals surface area contributed by atoms with E-state index in [-0.39, 0.29) is 30.1 Å². The number of rotatable bonds is 9. The van der Waals surface area contributed by atoms with Gasteiger partial charge in [0.15, 0.2) is 6.61 Å². The monoisotopic (exact) mass is 500 g/mol. The third kappa shape index (κ3) is 6.33.